The molecular formula is C12H19N3OS. The molecule has 0 aromatic carbocycles. The average Bonchev–Trinajstić information content (AvgIpc) is 2.86. The number of hydrogen-bond acceptors (Lipinski definition) is 3. The van der Waals surface area contributed by atoms with Crippen molar-refractivity contribution in [3.05, 3.63) is 21.9 Å². The lowest BCUT2D eigenvalue weighted by atomic mass is 10.2. The fourth-order valence-electron chi connectivity index (χ4n) is 2.12. The number of hydrogen-bond donors (Lipinski definition) is 2. The van der Waals surface area contributed by atoms with Gasteiger partial charge in [0.25, 0.3) is 0 Å². The van der Waals surface area contributed by atoms with Gasteiger partial charge in [-0.1, -0.05) is 0 Å². The van der Waals surface area contributed by atoms with E-state index in [0.717, 1.165) is 26.1 Å². The van der Waals surface area contributed by atoms with E-state index in [4.69, 9.17) is 0 Å². The molecule has 2 rings (SSSR count). The van der Waals surface area contributed by atoms with Crippen molar-refractivity contribution in [2.24, 2.45) is 0 Å². The normalized spacial score (nSPS) is 19.8. The van der Waals surface area contributed by atoms with Crippen LogP contribution in [0.4, 0.5) is 4.79 Å². The third kappa shape index (κ3) is 2.79. The van der Waals surface area contributed by atoms with E-state index in [2.05, 4.69) is 29.0 Å². The number of thiophene rings is 1. The van der Waals surface area contributed by atoms with E-state index >= 15 is 0 Å². The van der Waals surface area contributed by atoms with Gasteiger partial charge in [-0.25, -0.2) is 4.79 Å². The summed E-state index contributed by atoms with van der Waals surface area (Å²) in [5.74, 6) is 0. The summed E-state index contributed by atoms with van der Waals surface area (Å²) in [4.78, 5) is 15.0. The number of rotatable bonds is 5. The molecule has 2 N–H and O–H groups in total. The number of nitrogens with one attached hydrogen (secondary N) is 2. The third-order valence-corrected chi connectivity index (χ3v) is 4.19. The number of nitrogens with zero attached hydrogens (tertiary/aromatic N) is 1. The summed E-state index contributed by atoms with van der Waals surface area (Å²) in [5.41, 5.74) is 1.28. The van der Waals surface area contributed by atoms with Gasteiger partial charge in [-0.15, -0.1) is 11.3 Å². The predicted octanol–water partition coefficient (Wildman–Crippen LogP) is 1.73. The topological polar surface area (TPSA) is 44.4 Å². The highest BCUT2D eigenvalue weighted by Gasteiger charge is 2.30. The van der Waals surface area contributed by atoms with Crippen LogP contribution in [0.2, 0.25) is 0 Å². The van der Waals surface area contributed by atoms with Crippen LogP contribution in [0.1, 0.15) is 22.9 Å². The number of carbonyl (C=O) groups excluding carboxylic acids is 1. The first kappa shape index (κ1) is 12.4. The first-order valence-corrected chi connectivity index (χ1v) is 6.84. The van der Waals surface area contributed by atoms with E-state index in [1.54, 1.807) is 11.3 Å². The molecule has 1 unspecified atom stereocenters. The Morgan fingerprint density at radius 3 is 3.12 bits per heavy atom. The molecule has 0 aliphatic carbocycles. The first-order valence-electron chi connectivity index (χ1n) is 5.96. The van der Waals surface area contributed by atoms with E-state index in [1.807, 2.05) is 11.9 Å². The van der Waals surface area contributed by atoms with Crippen LogP contribution in [0.3, 0.4) is 0 Å². The standard InChI is InChI=1S/C12H19N3OS/c1-9-4-7-17-11(9)10-8-15(12(16)14-10)6-3-5-13-2/h4,7,10,13H,3,5-6,8H2,1-2H3,(H,14,16). The van der Waals surface area contributed by atoms with Crippen molar-refractivity contribution < 1.29 is 4.79 Å². The van der Waals surface area contributed by atoms with Gasteiger partial charge in [-0.05, 0) is 43.9 Å². The molecule has 1 aliphatic heterocycles. The van der Waals surface area contributed by atoms with E-state index in [9.17, 15) is 4.79 Å². The van der Waals surface area contributed by atoms with Crippen LogP contribution in [0.15, 0.2) is 11.4 Å². The molecule has 0 bridgehead atoms. The molecule has 1 saturated heterocycles. The predicted molar refractivity (Wildman–Crippen MR) is 70.4 cm³/mol. The molecule has 4 nitrogen and oxygen atoms in total. The fraction of sp³-hybridized carbons (Fsp3) is 0.583. The van der Waals surface area contributed by atoms with Crippen LogP contribution in [-0.4, -0.2) is 37.6 Å². The molecule has 2 amide bonds. The molecule has 17 heavy (non-hydrogen) atoms. The first-order chi connectivity index (χ1) is 8.22. The van der Waals surface area contributed by atoms with Crippen molar-refractivity contribution >= 4 is 17.4 Å². The maximum atomic E-state index is 11.8. The number of amides is 2. The molecule has 1 aliphatic rings. The van der Waals surface area contributed by atoms with Crippen molar-refractivity contribution in [2.45, 2.75) is 19.4 Å². The minimum absolute atomic E-state index is 0.0684. The molecule has 0 spiro atoms. The van der Waals surface area contributed by atoms with Crippen LogP contribution >= 0.6 is 11.3 Å². The lowest BCUT2D eigenvalue weighted by molar-refractivity contribution is 0.217. The maximum Gasteiger partial charge on any atom is 0.318 e. The zero-order valence-corrected chi connectivity index (χ0v) is 11.1. The Bertz CT molecular complexity index is 391. The minimum Gasteiger partial charge on any atom is -0.329 e. The molecule has 0 radical (unpaired) electrons. The quantitative estimate of drug-likeness (QED) is 0.785. The van der Waals surface area contributed by atoms with Gasteiger partial charge in [0.2, 0.25) is 0 Å². The Kier molecular flexibility index (Phi) is 4.02. The van der Waals surface area contributed by atoms with Crippen LogP contribution < -0.4 is 10.6 Å². The number of aryl methyl sites for hydroxylation is 1. The SMILES string of the molecule is CNCCCN1CC(c2sccc2C)NC1=O. The molecule has 0 saturated carbocycles. The summed E-state index contributed by atoms with van der Waals surface area (Å²) < 4.78 is 0. The largest absolute Gasteiger partial charge is 0.329 e. The Labute approximate surface area is 106 Å². The summed E-state index contributed by atoms with van der Waals surface area (Å²) in [6.07, 6.45) is 1.00. The monoisotopic (exact) mass is 253 g/mol. The molecule has 1 atom stereocenters. The van der Waals surface area contributed by atoms with Crippen molar-refractivity contribution in [3.63, 3.8) is 0 Å². The molecule has 2 heterocycles. The highest BCUT2D eigenvalue weighted by molar-refractivity contribution is 7.10. The second-order valence-corrected chi connectivity index (χ2v) is 5.32. The van der Waals surface area contributed by atoms with E-state index < -0.39 is 0 Å². The number of urea groups is 1. The van der Waals surface area contributed by atoms with Crippen molar-refractivity contribution in [2.75, 3.05) is 26.7 Å². The van der Waals surface area contributed by atoms with Crippen molar-refractivity contribution in [3.8, 4) is 0 Å². The van der Waals surface area contributed by atoms with Gasteiger partial charge in [-0.2, -0.15) is 0 Å². The lowest BCUT2D eigenvalue weighted by Gasteiger charge is -2.14. The van der Waals surface area contributed by atoms with Gasteiger partial charge in [0.15, 0.2) is 0 Å². The summed E-state index contributed by atoms with van der Waals surface area (Å²) in [7, 11) is 1.93. The Morgan fingerprint density at radius 2 is 2.47 bits per heavy atom. The second-order valence-electron chi connectivity index (χ2n) is 4.37. The molecule has 5 heteroatoms. The van der Waals surface area contributed by atoms with Crippen LogP contribution in [0.25, 0.3) is 0 Å². The highest BCUT2D eigenvalue weighted by Crippen LogP contribution is 2.27. The van der Waals surface area contributed by atoms with E-state index in [-0.39, 0.29) is 12.1 Å². The van der Waals surface area contributed by atoms with Crippen LogP contribution in [-0.2, 0) is 0 Å². The Balaban J connectivity index is 1.93. The molecule has 1 fully saturated rings. The summed E-state index contributed by atoms with van der Waals surface area (Å²) in [6.45, 7) is 4.67. The van der Waals surface area contributed by atoms with Gasteiger partial charge in [0.1, 0.15) is 0 Å². The maximum absolute atomic E-state index is 11.8. The minimum atomic E-state index is 0.0684. The Hall–Kier alpha value is -1.07. The van der Waals surface area contributed by atoms with Gasteiger partial charge >= 0.3 is 6.03 Å². The smallest absolute Gasteiger partial charge is 0.318 e. The second kappa shape index (κ2) is 5.51. The summed E-state index contributed by atoms with van der Waals surface area (Å²) >= 11 is 1.73. The molecule has 1 aromatic rings. The molecule has 1 aromatic heterocycles. The molecule has 94 valence electrons. The van der Waals surface area contributed by atoms with Crippen LogP contribution in [0, 0.1) is 6.92 Å². The van der Waals surface area contributed by atoms with Gasteiger partial charge < -0.3 is 15.5 Å². The van der Waals surface area contributed by atoms with E-state index in [1.165, 1.54) is 10.4 Å². The van der Waals surface area contributed by atoms with Gasteiger partial charge in [0, 0.05) is 18.0 Å². The summed E-state index contributed by atoms with van der Waals surface area (Å²) in [6, 6.07) is 2.35. The fourth-order valence-corrected chi connectivity index (χ4v) is 3.09. The lowest BCUT2D eigenvalue weighted by Crippen LogP contribution is -2.30. The van der Waals surface area contributed by atoms with Gasteiger partial charge in [-0.3, -0.25) is 0 Å². The van der Waals surface area contributed by atoms with Crippen molar-refractivity contribution in [1.29, 1.82) is 0 Å². The van der Waals surface area contributed by atoms with E-state index in [0.29, 0.717) is 0 Å². The number of carbonyl (C=O) groups is 1. The Morgan fingerprint density at radius 1 is 1.65 bits per heavy atom. The zero-order chi connectivity index (χ0) is 12.3. The third-order valence-electron chi connectivity index (χ3n) is 3.06. The zero-order valence-electron chi connectivity index (χ0n) is 10.3. The highest BCUT2D eigenvalue weighted by atomic mass is 32.1. The molecular weight excluding hydrogens is 234 g/mol. The average molecular weight is 253 g/mol. The van der Waals surface area contributed by atoms with Crippen LogP contribution in [0.5, 0.6) is 0 Å². The van der Waals surface area contributed by atoms with Crippen molar-refractivity contribution in [1.82, 2.24) is 15.5 Å². The van der Waals surface area contributed by atoms with Gasteiger partial charge in [0.05, 0.1) is 6.04 Å². The summed E-state index contributed by atoms with van der Waals surface area (Å²) in [5, 5.41) is 8.23.